The van der Waals surface area contributed by atoms with E-state index in [-0.39, 0.29) is 24.6 Å². The van der Waals surface area contributed by atoms with Gasteiger partial charge in [-0.05, 0) is 73.5 Å². The van der Waals surface area contributed by atoms with Gasteiger partial charge in [0, 0.05) is 17.5 Å². The smallest absolute Gasteiger partial charge is 0.333 e. The first-order valence-corrected chi connectivity index (χ1v) is 11.4. The lowest BCUT2D eigenvalue weighted by molar-refractivity contribution is -0.000980. The standard InChI is InChI=1S/C28H26F2N2O4/c1-18-15-31(28(35)32(18)25-13-7-20(8-14-25)19(2)33)16-26(34)17-36-27(21-3-9-23(29)10-4-21)22-5-11-24(30)12-6-22/h3-15,26-27,34H,16-17H2,1-2H3. The molecule has 0 saturated carbocycles. The molecule has 0 radical (unpaired) electrons. The van der Waals surface area contributed by atoms with Gasteiger partial charge in [0.1, 0.15) is 17.7 Å². The lowest BCUT2D eigenvalue weighted by atomic mass is 10.0. The quantitative estimate of drug-likeness (QED) is 0.347. The van der Waals surface area contributed by atoms with Crippen molar-refractivity contribution in [1.29, 1.82) is 0 Å². The van der Waals surface area contributed by atoms with Crippen LogP contribution in [0.3, 0.4) is 0 Å². The molecule has 1 atom stereocenters. The molecule has 3 aromatic carbocycles. The molecule has 1 aromatic heterocycles. The number of ether oxygens (including phenoxy) is 1. The number of nitrogens with zero attached hydrogens (tertiary/aromatic N) is 2. The van der Waals surface area contributed by atoms with E-state index in [4.69, 9.17) is 4.74 Å². The van der Waals surface area contributed by atoms with Crippen molar-refractivity contribution >= 4 is 5.78 Å². The normalized spacial score (nSPS) is 12.2. The minimum atomic E-state index is -1.03. The van der Waals surface area contributed by atoms with Gasteiger partial charge in [0.25, 0.3) is 0 Å². The van der Waals surface area contributed by atoms with Crippen LogP contribution in [-0.2, 0) is 11.3 Å². The Morgan fingerprint density at radius 2 is 1.44 bits per heavy atom. The number of benzene rings is 3. The third-order valence-corrected chi connectivity index (χ3v) is 5.87. The van der Waals surface area contributed by atoms with Crippen LogP contribution in [0.2, 0.25) is 0 Å². The Bertz CT molecular complexity index is 1350. The molecule has 6 nitrogen and oxygen atoms in total. The molecule has 4 rings (SSSR count). The van der Waals surface area contributed by atoms with Crippen molar-refractivity contribution in [3.63, 3.8) is 0 Å². The molecule has 0 amide bonds. The second-order valence-corrected chi connectivity index (χ2v) is 8.61. The van der Waals surface area contributed by atoms with Crippen molar-refractivity contribution in [2.45, 2.75) is 32.6 Å². The molecule has 186 valence electrons. The Morgan fingerprint density at radius 1 is 0.917 bits per heavy atom. The van der Waals surface area contributed by atoms with E-state index in [2.05, 4.69) is 0 Å². The average Bonchev–Trinajstić information content (AvgIpc) is 3.13. The van der Waals surface area contributed by atoms with Gasteiger partial charge in [-0.3, -0.25) is 13.9 Å². The van der Waals surface area contributed by atoms with E-state index in [0.717, 1.165) is 0 Å². The van der Waals surface area contributed by atoms with Crippen LogP contribution < -0.4 is 5.69 Å². The highest BCUT2D eigenvalue weighted by Gasteiger charge is 2.19. The first kappa shape index (κ1) is 25.2. The van der Waals surface area contributed by atoms with Crippen LogP contribution in [-0.4, -0.2) is 32.7 Å². The number of aliphatic hydroxyl groups is 1. The Morgan fingerprint density at radius 3 is 1.94 bits per heavy atom. The molecule has 1 unspecified atom stereocenters. The maximum absolute atomic E-state index is 13.4. The predicted molar refractivity (Wildman–Crippen MR) is 131 cm³/mol. The molecule has 0 aliphatic carbocycles. The van der Waals surface area contributed by atoms with Crippen LogP contribution >= 0.6 is 0 Å². The highest BCUT2D eigenvalue weighted by atomic mass is 19.1. The summed E-state index contributed by atoms with van der Waals surface area (Å²) in [4.78, 5) is 24.6. The van der Waals surface area contributed by atoms with Crippen molar-refractivity contribution in [1.82, 2.24) is 9.13 Å². The molecular formula is C28H26F2N2O4. The van der Waals surface area contributed by atoms with Gasteiger partial charge in [0.15, 0.2) is 5.78 Å². The summed E-state index contributed by atoms with van der Waals surface area (Å²) in [6, 6.07) is 18.2. The third-order valence-electron chi connectivity index (χ3n) is 5.87. The fourth-order valence-electron chi connectivity index (χ4n) is 4.05. The summed E-state index contributed by atoms with van der Waals surface area (Å²) >= 11 is 0. The Kier molecular flexibility index (Phi) is 7.57. The number of aliphatic hydroxyl groups excluding tert-OH is 1. The number of hydrogen-bond donors (Lipinski definition) is 1. The second kappa shape index (κ2) is 10.8. The number of carbonyl (C=O) groups is 1. The van der Waals surface area contributed by atoms with Crippen LogP contribution in [0.1, 0.15) is 40.2 Å². The zero-order chi connectivity index (χ0) is 25.8. The molecular weight excluding hydrogens is 466 g/mol. The van der Waals surface area contributed by atoms with Gasteiger partial charge >= 0.3 is 5.69 Å². The Hall–Kier alpha value is -3.88. The fraction of sp³-hybridized carbons (Fsp3) is 0.214. The van der Waals surface area contributed by atoms with Crippen LogP contribution in [0.25, 0.3) is 5.69 Å². The number of Topliss-reactive ketones (excluding diaryl/α,β-unsaturated/α-hetero) is 1. The third kappa shape index (κ3) is 5.67. The minimum absolute atomic E-state index is 0.0161. The summed E-state index contributed by atoms with van der Waals surface area (Å²) < 4.78 is 35.7. The summed E-state index contributed by atoms with van der Waals surface area (Å²) in [5.41, 5.74) is 2.77. The largest absolute Gasteiger partial charge is 0.389 e. The maximum atomic E-state index is 13.4. The zero-order valence-electron chi connectivity index (χ0n) is 19.9. The number of carbonyl (C=O) groups excluding carboxylic acids is 1. The van der Waals surface area contributed by atoms with E-state index in [9.17, 15) is 23.5 Å². The molecule has 0 bridgehead atoms. The molecule has 0 saturated heterocycles. The molecule has 0 spiro atoms. The van der Waals surface area contributed by atoms with Crippen molar-refractivity contribution in [2.24, 2.45) is 0 Å². The summed E-state index contributed by atoms with van der Waals surface area (Å²) in [5, 5.41) is 10.7. The van der Waals surface area contributed by atoms with Gasteiger partial charge in [-0.1, -0.05) is 24.3 Å². The zero-order valence-corrected chi connectivity index (χ0v) is 19.9. The Balaban J connectivity index is 1.50. The number of hydrogen-bond acceptors (Lipinski definition) is 4. The monoisotopic (exact) mass is 492 g/mol. The maximum Gasteiger partial charge on any atom is 0.333 e. The van der Waals surface area contributed by atoms with E-state index in [0.29, 0.717) is 28.1 Å². The van der Waals surface area contributed by atoms with Gasteiger partial charge < -0.3 is 9.84 Å². The van der Waals surface area contributed by atoms with Gasteiger partial charge in [0.05, 0.1) is 24.9 Å². The summed E-state index contributed by atoms with van der Waals surface area (Å²) in [6.45, 7) is 3.11. The number of rotatable bonds is 9. The van der Waals surface area contributed by atoms with Crippen molar-refractivity contribution in [3.05, 3.63) is 123 Å². The molecule has 1 N–H and O–H groups in total. The van der Waals surface area contributed by atoms with Crippen LogP contribution in [0.5, 0.6) is 0 Å². The summed E-state index contributed by atoms with van der Waals surface area (Å²) in [6.07, 6.45) is -0.0490. The molecule has 36 heavy (non-hydrogen) atoms. The second-order valence-electron chi connectivity index (χ2n) is 8.61. The number of imidazole rings is 1. The topological polar surface area (TPSA) is 73.5 Å². The number of halogens is 2. The van der Waals surface area contributed by atoms with E-state index in [1.165, 1.54) is 40.3 Å². The lowest BCUT2D eigenvalue weighted by Crippen LogP contribution is -2.30. The van der Waals surface area contributed by atoms with Crippen molar-refractivity contribution in [2.75, 3.05) is 6.61 Å². The summed E-state index contributed by atoms with van der Waals surface area (Å²) in [5.74, 6) is -0.857. The fourth-order valence-corrected chi connectivity index (χ4v) is 4.05. The first-order chi connectivity index (χ1) is 17.2. The molecule has 4 aromatic rings. The minimum Gasteiger partial charge on any atom is -0.389 e. The van der Waals surface area contributed by atoms with E-state index in [1.54, 1.807) is 61.7 Å². The summed E-state index contributed by atoms with van der Waals surface area (Å²) in [7, 11) is 0. The predicted octanol–water partition coefficient (Wildman–Crippen LogP) is 4.60. The van der Waals surface area contributed by atoms with Gasteiger partial charge in [-0.15, -0.1) is 0 Å². The average molecular weight is 493 g/mol. The number of aromatic nitrogens is 2. The highest BCUT2D eigenvalue weighted by Crippen LogP contribution is 2.27. The van der Waals surface area contributed by atoms with Gasteiger partial charge in [0.2, 0.25) is 0 Å². The molecule has 8 heteroatoms. The highest BCUT2D eigenvalue weighted by molar-refractivity contribution is 5.94. The van der Waals surface area contributed by atoms with Crippen LogP contribution in [0.4, 0.5) is 8.78 Å². The molecule has 1 heterocycles. The van der Waals surface area contributed by atoms with Crippen LogP contribution in [0.15, 0.2) is 83.8 Å². The van der Waals surface area contributed by atoms with Crippen LogP contribution in [0, 0.1) is 18.6 Å². The van der Waals surface area contributed by atoms with Crippen molar-refractivity contribution < 1.29 is 23.4 Å². The van der Waals surface area contributed by atoms with Gasteiger partial charge in [-0.2, -0.15) is 0 Å². The number of ketones is 1. The van der Waals surface area contributed by atoms with Gasteiger partial charge in [-0.25, -0.2) is 13.6 Å². The molecule has 0 fully saturated rings. The SMILES string of the molecule is CC(=O)c1ccc(-n2c(C)cn(CC(O)COC(c3ccc(F)cc3)c3ccc(F)cc3)c2=O)cc1. The van der Waals surface area contributed by atoms with E-state index < -0.39 is 23.8 Å². The first-order valence-electron chi connectivity index (χ1n) is 11.4. The van der Waals surface area contributed by atoms with E-state index >= 15 is 0 Å². The van der Waals surface area contributed by atoms with Crippen molar-refractivity contribution in [3.8, 4) is 5.69 Å². The molecule has 0 aliphatic heterocycles. The lowest BCUT2D eigenvalue weighted by Gasteiger charge is -2.21. The molecule has 0 aliphatic rings. The van der Waals surface area contributed by atoms with E-state index in [1.807, 2.05) is 0 Å². The number of aryl methyl sites for hydroxylation is 1. The Labute approximate surface area is 207 Å².